The molecule has 1 aliphatic heterocycles. The zero-order valence-corrected chi connectivity index (χ0v) is 17.7. The van der Waals surface area contributed by atoms with Gasteiger partial charge in [-0.25, -0.2) is 17.7 Å². The molecule has 3 heterocycles. The number of aliphatic hydroxyl groups is 1. The van der Waals surface area contributed by atoms with Crippen molar-refractivity contribution < 1.29 is 13.5 Å². The van der Waals surface area contributed by atoms with Crippen LogP contribution in [0.15, 0.2) is 17.1 Å². The first-order valence-electron chi connectivity index (χ1n) is 9.70. The molecule has 2 aliphatic rings. The fourth-order valence-corrected chi connectivity index (χ4v) is 5.26. The molecule has 2 N–H and O–H groups in total. The standard InChI is InChI=1S/C18H24ClN5O4S/c1-29(27,28)23-6-4-12(5-7-23)21-18-20-10-11-8-15(19)17(26)24(16(11)22-18)13-2-3-14(25)9-13/h8,10,12-14,25H,2-7,9H2,1H3,(H,20,21,22)/t13-,14-/m0/s1. The number of aliphatic hydroxyl groups excluding tert-OH is 1. The van der Waals surface area contributed by atoms with Gasteiger partial charge in [0.25, 0.3) is 5.56 Å². The van der Waals surface area contributed by atoms with E-state index in [1.54, 1.807) is 16.8 Å². The van der Waals surface area contributed by atoms with Crippen LogP contribution in [0.3, 0.4) is 0 Å². The molecule has 2 aromatic heterocycles. The third-order valence-corrected chi connectivity index (χ3v) is 7.30. The Morgan fingerprint density at radius 3 is 2.59 bits per heavy atom. The van der Waals surface area contributed by atoms with Gasteiger partial charge in [0, 0.05) is 36.8 Å². The van der Waals surface area contributed by atoms with E-state index in [1.807, 2.05) is 0 Å². The third kappa shape index (κ3) is 4.25. The maximum atomic E-state index is 12.7. The van der Waals surface area contributed by atoms with Crippen LogP contribution in [0.1, 0.15) is 38.1 Å². The Labute approximate surface area is 173 Å². The van der Waals surface area contributed by atoms with Gasteiger partial charge in [0.2, 0.25) is 16.0 Å². The summed E-state index contributed by atoms with van der Waals surface area (Å²) in [5, 5.41) is 13.9. The number of anilines is 1. The number of halogens is 1. The highest BCUT2D eigenvalue weighted by atomic mass is 35.5. The first-order chi connectivity index (χ1) is 13.7. The van der Waals surface area contributed by atoms with Crippen LogP contribution in [0, 0.1) is 0 Å². The van der Waals surface area contributed by atoms with Gasteiger partial charge < -0.3 is 10.4 Å². The highest BCUT2D eigenvalue weighted by Crippen LogP contribution is 2.31. The van der Waals surface area contributed by atoms with Crippen LogP contribution < -0.4 is 10.9 Å². The summed E-state index contributed by atoms with van der Waals surface area (Å²) in [7, 11) is -3.18. The molecule has 2 fully saturated rings. The monoisotopic (exact) mass is 441 g/mol. The first-order valence-corrected chi connectivity index (χ1v) is 11.9. The second kappa shape index (κ2) is 7.82. The van der Waals surface area contributed by atoms with E-state index in [9.17, 15) is 18.3 Å². The van der Waals surface area contributed by atoms with Gasteiger partial charge in [-0.3, -0.25) is 9.36 Å². The number of fused-ring (bicyclic) bond motifs is 1. The summed E-state index contributed by atoms with van der Waals surface area (Å²) < 4.78 is 26.4. The van der Waals surface area contributed by atoms with Crippen molar-refractivity contribution in [3.05, 3.63) is 27.6 Å². The van der Waals surface area contributed by atoms with Crippen LogP contribution >= 0.6 is 11.6 Å². The molecule has 0 aromatic carbocycles. The smallest absolute Gasteiger partial charge is 0.271 e. The van der Waals surface area contributed by atoms with Crippen molar-refractivity contribution in [1.29, 1.82) is 0 Å². The van der Waals surface area contributed by atoms with Gasteiger partial charge in [-0.1, -0.05) is 11.6 Å². The largest absolute Gasteiger partial charge is 0.393 e. The van der Waals surface area contributed by atoms with Crippen LogP contribution in [0.4, 0.5) is 5.95 Å². The summed E-state index contributed by atoms with van der Waals surface area (Å²) in [6, 6.07) is 1.46. The Bertz CT molecular complexity index is 1080. The van der Waals surface area contributed by atoms with Crippen LogP contribution in [0.5, 0.6) is 0 Å². The van der Waals surface area contributed by atoms with Crippen LogP contribution in [-0.2, 0) is 10.0 Å². The van der Waals surface area contributed by atoms with E-state index in [-0.39, 0.29) is 22.7 Å². The third-order valence-electron chi connectivity index (χ3n) is 5.73. The average molecular weight is 442 g/mol. The van der Waals surface area contributed by atoms with Gasteiger partial charge in [-0.15, -0.1) is 0 Å². The lowest BCUT2D eigenvalue weighted by Crippen LogP contribution is -2.42. The second-order valence-corrected chi connectivity index (χ2v) is 10.2. The van der Waals surface area contributed by atoms with Gasteiger partial charge in [0.1, 0.15) is 10.7 Å². The second-order valence-electron chi connectivity index (χ2n) is 7.84. The fraction of sp³-hybridized carbons (Fsp3) is 0.611. The van der Waals surface area contributed by atoms with Crippen molar-refractivity contribution in [3.8, 4) is 0 Å². The zero-order valence-electron chi connectivity index (χ0n) is 16.1. The maximum absolute atomic E-state index is 12.7. The van der Waals surface area contributed by atoms with Gasteiger partial charge in [-0.05, 0) is 38.2 Å². The van der Waals surface area contributed by atoms with Crippen molar-refractivity contribution >= 4 is 38.6 Å². The molecule has 0 unspecified atom stereocenters. The summed E-state index contributed by atoms with van der Waals surface area (Å²) in [5.74, 6) is 0.393. The van der Waals surface area contributed by atoms with Gasteiger partial charge >= 0.3 is 0 Å². The Morgan fingerprint density at radius 1 is 1.24 bits per heavy atom. The molecule has 158 valence electrons. The number of hydrogen-bond acceptors (Lipinski definition) is 7. The summed E-state index contributed by atoms with van der Waals surface area (Å²) in [5.41, 5.74) is 0.175. The van der Waals surface area contributed by atoms with E-state index >= 15 is 0 Å². The molecule has 0 radical (unpaired) electrons. The number of pyridine rings is 1. The molecule has 0 spiro atoms. The maximum Gasteiger partial charge on any atom is 0.271 e. The lowest BCUT2D eigenvalue weighted by molar-refractivity contribution is 0.178. The Balaban J connectivity index is 1.61. The number of sulfonamides is 1. The minimum absolute atomic E-state index is 0.0474. The van der Waals surface area contributed by atoms with Crippen molar-refractivity contribution in [2.75, 3.05) is 24.7 Å². The Hall–Kier alpha value is -1.75. The minimum Gasteiger partial charge on any atom is -0.393 e. The van der Waals surface area contributed by atoms with Gasteiger partial charge in [0.15, 0.2) is 0 Å². The number of piperidine rings is 1. The van der Waals surface area contributed by atoms with Gasteiger partial charge in [0.05, 0.1) is 12.4 Å². The summed E-state index contributed by atoms with van der Waals surface area (Å²) >= 11 is 6.13. The SMILES string of the molecule is CS(=O)(=O)N1CCC(Nc2ncc3cc(Cl)c(=O)n([C@H]4CC[C@H](O)C4)c3n2)CC1. The Morgan fingerprint density at radius 2 is 1.97 bits per heavy atom. The Kier molecular flexibility index (Phi) is 5.54. The summed E-state index contributed by atoms with van der Waals surface area (Å²) in [4.78, 5) is 21.6. The van der Waals surface area contributed by atoms with E-state index in [1.165, 1.54) is 10.6 Å². The summed E-state index contributed by atoms with van der Waals surface area (Å²) in [6.45, 7) is 0.898. The fourth-order valence-electron chi connectivity index (χ4n) is 4.18. The molecule has 1 saturated carbocycles. The predicted molar refractivity (Wildman–Crippen MR) is 111 cm³/mol. The first kappa shape index (κ1) is 20.5. The molecular weight excluding hydrogens is 418 g/mol. The van der Waals surface area contributed by atoms with Gasteiger partial charge in [-0.2, -0.15) is 4.98 Å². The molecule has 1 saturated heterocycles. The lowest BCUT2D eigenvalue weighted by Gasteiger charge is -2.30. The summed E-state index contributed by atoms with van der Waals surface area (Å²) in [6.07, 6.45) is 5.54. The van der Waals surface area contributed by atoms with Crippen molar-refractivity contribution in [3.63, 3.8) is 0 Å². The van der Waals surface area contributed by atoms with E-state index in [2.05, 4.69) is 15.3 Å². The number of nitrogens with one attached hydrogen (secondary N) is 1. The molecule has 0 amide bonds. The molecule has 11 heteroatoms. The van der Waals surface area contributed by atoms with E-state index < -0.39 is 16.1 Å². The van der Waals surface area contributed by atoms with Crippen molar-refractivity contribution in [2.45, 2.75) is 50.3 Å². The number of aromatic nitrogens is 3. The highest BCUT2D eigenvalue weighted by Gasteiger charge is 2.28. The van der Waals surface area contributed by atoms with E-state index in [0.717, 1.165) is 0 Å². The van der Waals surface area contributed by atoms with Crippen LogP contribution in [0.25, 0.3) is 11.0 Å². The molecule has 9 nitrogen and oxygen atoms in total. The molecule has 4 rings (SSSR count). The molecule has 2 atom stereocenters. The topological polar surface area (TPSA) is 117 Å². The number of hydrogen-bond donors (Lipinski definition) is 2. The van der Waals surface area contributed by atoms with Crippen molar-refractivity contribution in [1.82, 2.24) is 18.8 Å². The molecule has 29 heavy (non-hydrogen) atoms. The van der Waals surface area contributed by atoms with E-state index in [0.29, 0.717) is 62.2 Å². The molecule has 0 bridgehead atoms. The van der Waals surface area contributed by atoms with Crippen molar-refractivity contribution in [2.24, 2.45) is 0 Å². The lowest BCUT2D eigenvalue weighted by atomic mass is 10.1. The molecule has 2 aromatic rings. The van der Waals surface area contributed by atoms with Crippen LogP contribution in [0.2, 0.25) is 5.02 Å². The number of rotatable bonds is 4. The predicted octanol–water partition coefficient (Wildman–Crippen LogP) is 1.37. The zero-order chi connectivity index (χ0) is 20.8. The average Bonchev–Trinajstić information content (AvgIpc) is 3.09. The molecular formula is C18H24ClN5O4S. The van der Waals surface area contributed by atoms with Crippen LogP contribution in [-0.4, -0.2) is 63.9 Å². The molecule has 1 aliphatic carbocycles. The minimum atomic E-state index is -3.18. The normalized spacial score (nSPS) is 24.2. The quantitative estimate of drug-likeness (QED) is 0.735. The highest BCUT2D eigenvalue weighted by molar-refractivity contribution is 7.88. The van der Waals surface area contributed by atoms with E-state index in [4.69, 9.17) is 11.6 Å². The number of nitrogens with zero attached hydrogens (tertiary/aromatic N) is 4.